The van der Waals surface area contributed by atoms with Gasteiger partial charge in [-0.05, 0) is 0 Å². The maximum absolute atomic E-state index is 10.5. The van der Waals surface area contributed by atoms with Gasteiger partial charge in [0.25, 0.3) is 0 Å². The summed E-state index contributed by atoms with van der Waals surface area (Å²) >= 11 is 3.67. The molecule has 0 saturated carbocycles. The van der Waals surface area contributed by atoms with E-state index >= 15 is 0 Å². The molecule has 0 rings (SSSR count). The maximum Gasteiger partial charge on any atom is 0.547 e. The molecule has 64 valence electrons. The van der Waals surface area contributed by atoms with Gasteiger partial charge in [0.1, 0.15) is 6.04 Å². The molecule has 7 heteroatoms. The zero-order valence-corrected chi connectivity index (χ0v) is 6.28. The predicted octanol–water partition coefficient (Wildman–Crippen LogP) is -0.604. The first kappa shape index (κ1) is 10.0. The molecule has 0 saturated heterocycles. The molecule has 0 aliphatic rings. The zero-order chi connectivity index (χ0) is 8.85. The van der Waals surface area contributed by atoms with Gasteiger partial charge in [-0.2, -0.15) is 12.6 Å². The second-order valence-corrected chi connectivity index (χ2v) is 1.91. The average Bonchev–Trinajstić information content (AvgIpc) is 1.98. The molecule has 0 aromatic carbocycles. The van der Waals surface area contributed by atoms with Gasteiger partial charge in [-0.15, -0.1) is 0 Å². The summed E-state index contributed by atoms with van der Waals surface area (Å²) in [6.45, 7) is 0. The number of carbonyl (C=O) groups is 2. The molecule has 0 fully saturated rings. The molecule has 0 spiro atoms. The first-order valence-corrected chi connectivity index (χ1v) is 3.19. The number of rotatable bonds is 2. The lowest BCUT2D eigenvalue weighted by Crippen LogP contribution is -2.34. The van der Waals surface area contributed by atoms with Crippen LogP contribution in [0.4, 0.5) is 4.79 Å². The molecule has 0 aromatic heterocycles. The lowest BCUT2D eigenvalue weighted by atomic mass is 10.4. The molecule has 0 heterocycles. The molecular weight excluding hydrogens is 174 g/mol. The van der Waals surface area contributed by atoms with Gasteiger partial charge in [-0.25, -0.2) is 19.4 Å². The highest BCUT2D eigenvalue weighted by Gasteiger charge is 2.15. The Morgan fingerprint density at radius 3 is 2.45 bits per heavy atom. The Hall–Kier alpha value is -0.950. The van der Waals surface area contributed by atoms with Gasteiger partial charge in [0.15, 0.2) is 0 Å². The minimum Gasteiger partial charge on any atom is -0.447 e. The first-order valence-electron chi connectivity index (χ1n) is 2.55. The van der Waals surface area contributed by atoms with Crippen LogP contribution in [0.5, 0.6) is 0 Å². The smallest absolute Gasteiger partial charge is 0.447 e. The summed E-state index contributed by atoms with van der Waals surface area (Å²) in [5.74, 6) is -0.913. The minimum atomic E-state index is -1.70. The van der Waals surface area contributed by atoms with Gasteiger partial charge in [0, 0.05) is 5.75 Å². The molecule has 0 bridgehead atoms. The van der Waals surface area contributed by atoms with E-state index in [2.05, 4.69) is 22.4 Å². The third-order valence-electron chi connectivity index (χ3n) is 0.695. The highest BCUT2D eigenvalue weighted by Crippen LogP contribution is 1.89. The molecule has 1 unspecified atom stereocenters. The van der Waals surface area contributed by atoms with Crippen LogP contribution in [0.3, 0.4) is 0 Å². The van der Waals surface area contributed by atoms with Crippen LogP contribution in [-0.2, 0) is 14.6 Å². The van der Waals surface area contributed by atoms with Gasteiger partial charge >= 0.3 is 12.1 Å². The third kappa shape index (κ3) is 4.45. The lowest BCUT2D eigenvalue weighted by molar-refractivity contribution is -0.241. The van der Waals surface area contributed by atoms with E-state index in [1.54, 1.807) is 0 Å². The summed E-state index contributed by atoms with van der Waals surface area (Å²) in [4.78, 5) is 27.4. The fourth-order valence-corrected chi connectivity index (χ4v) is 0.362. The number of hydrogen-bond donors (Lipinski definition) is 3. The largest absolute Gasteiger partial charge is 0.547 e. The molecule has 6 nitrogen and oxygen atoms in total. The van der Waals surface area contributed by atoms with E-state index in [0.717, 1.165) is 0 Å². The Kier molecular flexibility index (Phi) is 4.39. The topological polar surface area (TPSA) is 98.9 Å². The van der Waals surface area contributed by atoms with Gasteiger partial charge in [0.2, 0.25) is 0 Å². The van der Waals surface area contributed by atoms with Crippen LogP contribution in [0.2, 0.25) is 0 Å². The zero-order valence-electron chi connectivity index (χ0n) is 5.39. The van der Waals surface area contributed by atoms with Crippen LogP contribution in [0.1, 0.15) is 0 Å². The van der Waals surface area contributed by atoms with Gasteiger partial charge in [-0.3, -0.25) is 0 Å². The van der Waals surface area contributed by atoms with Crippen LogP contribution < -0.4 is 5.73 Å². The second-order valence-electron chi connectivity index (χ2n) is 1.54. The fraction of sp³-hybridized carbons (Fsp3) is 0.500. The summed E-state index contributed by atoms with van der Waals surface area (Å²) in [5.41, 5.74) is 5.08. The number of carboxylic acid groups (broad SMARTS) is 1. The Morgan fingerprint density at radius 1 is 1.55 bits per heavy atom. The highest BCUT2D eigenvalue weighted by atomic mass is 32.1. The van der Waals surface area contributed by atoms with E-state index < -0.39 is 18.2 Å². The number of hydrogen-bond acceptors (Lipinski definition) is 6. The quantitative estimate of drug-likeness (QED) is 0.299. The Balaban J connectivity index is 3.60. The van der Waals surface area contributed by atoms with Crippen molar-refractivity contribution in [2.24, 2.45) is 5.73 Å². The van der Waals surface area contributed by atoms with E-state index in [4.69, 9.17) is 10.8 Å². The van der Waals surface area contributed by atoms with Crippen molar-refractivity contribution in [1.82, 2.24) is 0 Å². The Labute approximate surface area is 67.6 Å². The van der Waals surface area contributed by atoms with Crippen molar-refractivity contribution in [3.05, 3.63) is 0 Å². The molecule has 0 aliphatic heterocycles. The maximum atomic E-state index is 10.5. The molecule has 0 aliphatic carbocycles. The average molecular weight is 181 g/mol. The molecule has 0 aromatic rings. The van der Waals surface area contributed by atoms with Gasteiger partial charge in [0.05, 0.1) is 0 Å². The van der Waals surface area contributed by atoms with Crippen LogP contribution in [0, 0.1) is 0 Å². The molecule has 3 N–H and O–H groups in total. The number of thiol groups is 1. The summed E-state index contributed by atoms with van der Waals surface area (Å²) in [6.07, 6.45) is -1.70. The van der Waals surface area contributed by atoms with Crippen LogP contribution >= 0.6 is 12.6 Å². The SMILES string of the molecule is NC(CS)C(=O)OOC(=O)O. The normalized spacial score (nSPS) is 11.8. The van der Waals surface area contributed by atoms with Crippen molar-refractivity contribution in [1.29, 1.82) is 0 Å². The highest BCUT2D eigenvalue weighted by molar-refractivity contribution is 7.80. The van der Waals surface area contributed by atoms with E-state index in [1.165, 1.54) is 0 Å². The van der Waals surface area contributed by atoms with E-state index in [-0.39, 0.29) is 5.75 Å². The third-order valence-corrected chi connectivity index (χ3v) is 1.09. The molecule has 0 amide bonds. The predicted molar refractivity (Wildman–Crippen MR) is 37.0 cm³/mol. The van der Waals surface area contributed by atoms with Crippen molar-refractivity contribution in [2.75, 3.05) is 5.75 Å². The molecule has 11 heavy (non-hydrogen) atoms. The fourth-order valence-electron chi connectivity index (χ4n) is 0.213. The van der Waals surface area contributed by atoms with Crippen molar-refractivity contribution in [3.63, 3.8) is 0 Å². The minimum absolute atomic E-state index is 0.0574. The monoisotopic (exact) mass is 181 g/mol. The first-order chi connectivity index (χ1) is 5.07. The second kappa shape index (κ2) is 4.80. The van der Waals surface area contributed by atoms with Crippen LogP contribution in [0.25, 0.3) is 0 Å². The molecule has 0 radical (unpaired) electrons. The van der Waals surface area contributed by atoms with Gasteiger partial charge < -0.3 is 10.8 Å². The van der Waals surface area contributed by atoms with E-state index in [9.17, 15) is 9.59 Å². The van der Waals surface area contributed by atoms with Gasteiger partial charge in [-0.1, -0.05) is 0 Å². The summed E-state index contributed by atoms with van der Waals surface area (Å²) in [6, 6.07) is -0.974. The summed E-state index contributed by atoms with van der Waals surface area (Å²) in [5, 5.41) is 7.86. The lowest BCUT2D eigenvalue weighted by Gasteiger charge is -2.03. The van der Waals surface area contributed by atoms with Crippen molar-refractivity contribution < 1.29 is 24.5 Å². The van der Waals surface area contributed by atoms with Crippen LogP contribution in [-0.4, -0.2) is 29.0 Å². The van der Waals surface area contributed by atoms with E-state index in [1.807, 2.05) is 0 Å². The standard InChI is InChI=1S/C4H7NO5S/c5-2(1-11)3(6)9-10-4(7)8/h2,11H,1,5H2,(H,7,8). The Bertz CT molecular complexity index is 161. The number of carbonyl (C=O) groups excluding carboxylic acids is 1. The van der Waals surface area contributed by atoms with Crippen LogP contribution in [0.15, 0.2) is 0 Å². The summed E-state index contributed by atoms with van der Waals surface area (Å²) < 4.78 is 0. The molecule has 1 atom stereocenters. The van der Waals surface area contributed by atoms with Crippen molar-refractivity contribution in [3.8, 4) is 0 Å². The number of nitrogens with two attached hydrogens (primary N) is 1. The molecular formula is C4H7NO5S. The van der Waals surface area contributed by atoms with Crippen molar-refractivity contribution >= 4 is 24.8 Å². The Morgan fingerprint density at radius 2 is 2.09 bits per heavy atom. The van der Waals surface area contributed by atoms with E-state index in [0.29, 0.717) is 0 Å². The summed E-state index contributed by atoms with van der Waals surface area (Å²) in [7, 11) is 0. The van der Waals surface area contributed by atoms with Crippen molar-refractivity contribution in [2.45, 2.75) is 6.04 Å².